The summed E-state index contributed by atoms with van der Waals surface area (Å²) in [5.41, 5.74) is -1.05. The van der Waals surface area contributed by atoms with Gasteiger partial charge >= 0.3 is 12.1 Å². The number of carbonyl (C=O) groups is 1. The maximum Gasteiger partial charge on any atom is 0.417 e. The molecule has 2 rings (SSSR count). The molecule has 2 aromatic rings. The van der Waals surface area contributed by atoms with Gasteiger partial charge in [-0.25, -0.2) is 0 Å². The number of rotatable bonds is 5. The van der Waals surface area contributed by atoms with Crippen LogP contribution in [0.15, 0.2) is 28.7 Å². The second kappa shape index (κ2) is 5.94. The van der Waals surface area contributed by atoms with Crippen molar-refractivity contribution in [3.05, 3.63) is 35.7 Å². The minimum Gasteiger partial charge on any atom is -0.481 e. The van der Waals surface area contributed by atoms with Crippen LogP contribution in [-0.4, -0.2) is 21.3 Å². The van der Waals surface area contributed by atoms with E-state index in [1.54, 1.807) is 0 Å². The van der Waals surface area contributed by atoms with Crippen LogP contribution in [0.1, 0.15) is 24.3 Å². The second-order valence-electron chi connectivity index (χ2n) is 4.29. The van der Waals surface area contributed by atoms with Gasteiger partial charge in [-0.3, -0.25) is 4.79 Å². The summed E-state index contributed by atoms with van der Waals surface area (Å²) in [7, 11) is 0. The lowest BCUT2D eigenvalue weighted by Gasteiger charge is -2.09. The van der Waals surface area contributed by atoms with E-state index >= 15 is 0 Å². The highest BCUT2D eigenvalue weighted by Crippen LogP contribution is 2.36. The smallest absolute Gasteiger partial charge is 0.417 e. The third kappa shape index (κ3) is 3.80. The molecule has 112 valence electrons. The Bertz CT molecular complexity index is 638. The molecule has 0 aliphatic rings. The molecule has 1 aromatic heterocycles. The molecule has 21 heavy (non-hydrogen) atoms. The van der Waals surface area contributed by atoms with Gasteiger partial charge in [-0.1, -0.05) is 12.1 Å². The van der Waals surface area contributed by atoms with Crippen LogP contribution in [0, 0.1) is 0 Å². The number of hydrogen-bond donors (Lipinski definition) is 1. The second-order valence-corrected chi connectivity index (χ2v) is 4.29. The fourth-order valence-electron chi connectivity index (χ4n) is 1.77. The summed E-state index contributed by atoms with van der Waals surface area (Å²) in [5, 5.41) is 15.7. The predicted octanol–water partition coefficient (Wildman–Crippen LogP) is 3.16. The highest BCUT2D eigenvalue weighted by Gasteiger charge is 2.34. The van der Waals surface area contributed by atoms with Gasteiger partial charge in [0.1, 0.15) is 0 Å². The average Bonchev–Trinajstić information content (AvgIpc) is 2.86. The lowest BCUT2D eigenvalue weighted by molar-refractivity contribution is -0.138. The molecule has 1 heterocycles. The number of aryl methyl sites for hydroxylation is 1. The molecule has 0 atom stereocenters. The SMILES string of the molecule is O=C(O)CCCc1nnc(-c2ccccc2C(F)(F)F)o1. The van der Waals surface area contributed by atoms with Crippen LogP contribution < -0.4 is 0 Å². The Labute approximate surface area is 117 Å². The van der Waals surface area contributed by atoms with Gasteiger partial charge in [0.2, 0.25) is 11.8 Å². The van der Waals surface area contributed by atoms with Crippen LogP contribution in [-0.2, 0) is 17.4 Å². The minimum atomic E-state index is -4.52. The van der Waals surface area contributed by atoms with Crippen LogP contribution in [0.5, 0.6) is 0 Å². The topological polar surface area (TPSA) is 76.2 Å². The molecular weight excluding hydrogens is 289 g/mol. The van der Waals surface area contributed by atoms with Gasteiger partial charge in [0.05, 0.1) is 11.1 Å². The Morgan fingerprint density at radius 3 is 2.62 bits per heavy atom. The van der Waals surface area contributed by atoms with Crippen molar-refractivity contribution in [2.24, 2.45) is 0 Å². The van der Waals surface area contributed by atoms with E-state index in [-0.39, 0.29) is 36.6 Å². The van der Waals surface area contributed by atoms with Gasteiger partial charge in [-0.15, -0.1) is 10.2 Å². The molecule has 0 saturated carbocycles. The zero-order valence-corrected chi connectivity index (χ0v) is 10.7. The molecule has 0 amide bonds. The van der Waals surface area contributed by atoms with E-state index in [9.17, 15) is 18.0 Å². The molecule has 1 aromatic carbocycles. The van der Waals surface area contributed by atoms with Crippen LogP contribution in [0.3, 0.4) is 0 Å². The average molecular weight is 300 g/mol. The molecule has 0 fully saturated rings. The Morgan fingerprint density at radius 2 is 1.95 bits per heavy atom. The summed E-state index contributed by atoms with van der Waals surface area (Å²) >= 11 is 0. The van der Waals surface area contributed by atoms with E-state index in [2.05, 4.69) is 10.2 Å². The van der Waals surface area contributed by atoms with E-state index < -0.39 is 17.7 Å². The molecule has 8 heteroatoms. The minimum absolute atomic E-state index is 0.0726. The molecular formula is C13H11F3N2O3. The van der Waals surface area contributed by atoms with Gasteiger partial charge < -0.3 is 9.52 Å². The van der Waals surface area contributed by atoms with E-state index in [4.69, 9.17) is 9.52 Å². The molecule has 0 radical (unpaired) electrons. The van der Waals surface area contributed by atoms with Crippen molar-refractivity contribution in [2.45, 2.75) is 25.4 Å². The van der Waals surface area contributed by atoms with Crippen LogP contribution in [0.25, 0.3) is 11.5 Å². The first-order valence-electron chi connectivity index (χ1n) is 6.08. The summed E-state index contributed by atoms with van der Waals surface area (Å²) in [6.07, 6.45) is -4.11. The number of carboxylic acids is 1. The van der Waals surface area contributed by atoms with E-state index in [0.717, 1.165) is 6.07 Å². The largest absolute Gasteiger partial charge is 0.481 e. The van der Waals surface area contributed by atoms with Crippen molar-refractivity contribution in [3.63, 3.8) is 0 Å². The zero-order valence-electron chi connectivity index (χ0n) is 10.7. The summed E-state index contributed by atoms with van der Waals surface area (Å²) in [5.74, 6) is -1.08. The molecule has 0 unspecified atom stereocenters. The van der Waals surface area contributed by atoms with Gasteiger partial charge in [0.25, 0.3) is 0 Å². The number of benzene rings is 1. The van der Waals surface area contributed by atoms with E-state index in [0.29, 0.717) is 0 Å². The number of alkyl halides is 3. The number of nitrogens with zero attached hydrogens (tertiary/aromatic N) is 2. The molecule has 0 bridgehead atoms. The normalized spacial score (nSPS) is 11.6. The summed E-state index contributed by atoms with van der Waals surface area (Å²) in [6, 6.07) is 4.90. The third-order valence-corrected chi connectivity index (χ3v) is 2.71. The summed E-state index contributed by atoms with van der Waals surface area (Å²) < 4.78 is 43.8. The van der Waals surface area contributed by atoms with Gasteiger partial charge in [-0.05, 0) is 18.6 Å². The van der Waals surface area contributed by atoms with Crippen molar-refractivity contribution in [3.8, 4) is 11.5 Å². The molecule has 0 aliphatic carbocycles. The first-order chi connectivity index (χ1) is 9.88. The van der Waals surface area contributed by atoms with Crippen molar-refractivity contribution in [1.82, 2.24) is 10.2 Å². The van der Waals surface area contributed by atoms with Crippen molar-refractivity contribution in [1.29, 1.82) is 0 Å². The van der Waals surface area contributed by atoms with E-state index in [1.807, 2.05) is 0 Å². The number of carboxylic acid groups (broad SMARTS) is 1. The maximum absolute atomic E-state index is 12.9. The Morgan fingerprint density at radius 1 is 1.24 bits per heavy atom. The monoisotopic (exact) mass is 300 g/mol. The lowest BCUT2D eigenvalue weighted by atomic mass is 10.1. The lowest BCUT2D eigenvalue weighted by Crippen LogP contribution is -2.06. The number of aliphatic carboxylic acids is 1. The quantitative estimate of drug-likeness (QED) is 0.917. The fraction of sp³-hybridized carbons (Fsp3) is 0.308. The molecule has 0 aliphatic heterocycles. The van der Waals surface area contributed by atoms with Crippen molar-refractivity contribution < 1.29 is 27.5 Å². The number of aromatic nitrogens is 2. The fourth-order valence-corrected chi connectivity index (χ4v) is 1.77. The highest BCUT2D eigenvalue weighted by molar-refractivity contribution is 5.66. The molecule has 0 saturated heterocycles. The molecule has 5 nitrogen and oxygen atoms in total. The Balaban J connectivity index is 2.20. The van der Waals surface area contributed by atoms with Crippen molar-refractivity contribution in [2.75, 3.05) is 0 Å². The van der Waals surface area contributed by atoms with E-state index in [1.165, 1.54) is 18.2 Å². The summed E-state index contributed by atoms with van der Waals surface area (Å²) in [4.78, 5) is 10.4. The van der Waals surface area contributed by atoms with Gasteiger partial charge in [-0.2, -0.15) is 13.2 Å². The van der Waals surface area contributed by atoms with Crippen LogP contribution >= 0.6 is 0 Å². The number of halogens is 3. The Hall–Kier alpha value is -2.38. The van der Waals surface area contributed by atoms with Gasteiger partial charge in [0.15, 0.2) is 0 Å². The zero-order chi connectivity index (χ0) is 15.5. The maximum atomic E-state index is 12.9. The highest BCUT2D eigenvalue weighted by atomic mass is 19.4. The molecule has 1 N–H and O–H groups in total. The first-order valence-corrected chi connectivity index (χ1v) is 6.08. The number of hydrogen-bond acceptors (Lipinski definition) is 4. The van der Waals surface area contributed by atoms with Crippen molar-refractivity contribution >= 4 is 5.97 Å². The first kappa shape index (κ1) is 15.0. The predicted molar refractivity (Wildman–Crippen MR) is 65.3 cm³/mol. The molecule has 0 spiro atoms. The summed E-state index contributed by atoms with van der Waals surface area (Å²) in [6.45, 7) is 0. The third-order valence-electron chi connectivity index (χ3n) is 2.71. The van der Waals surface area contributed by atoms with Crippen LogP contribution in [0.2, 0.25) is 0 Å². The Kier molecular flexibility index (Phi) is 4.25. The standard InChI is InChI=1S/C13H11F3N2O3/c14-13(15,16)9-5-2-1-4-8(9)12-18-17-10(21-12)6-3-7-11(19)20/h1-2,4-5H,3,6-7H2,(H,19,20). The van der Waals surface area contributed by atoms with Gasteiger partial charge in [0, 0.05) is 12.8 Å². The van der Waals surface area contributed by atoms with Crippen LogP contribution in [0.4, 0.5) is 13.2 Å².